The molecule has 2 saturated heterocycles. The van der Waals surface area contributed by atoms with Crippen LogP contribution in [0.3, 0.4) is 0 Å². The van der Waals surface area contributed by atoms with Crippen molar-refractivity contribution in [1.29, 1.82) is 0 Å². The predicted molar refractivity (Wildman–Crippen MR) is 148 cm³/mol. The molecule has 2 fully saturated rings. The van der Waals surface area contributed by atoms with Gasteiger partial charge in [-0.1, -0.05) is 0 Å². The fourth-order valence-electron chi connectivity index (χ4n) is 5.44. The maximum absolute atomic E-state index is 13.9. The summed E-state index contributed by atoms with van der Waals surface area (Å²) in [5.41, 5.74) is 3.21. The molecule has 0 radical (unpaired) electrons. The average Bonchev–Trinajstić information content (AvgIpc) is 3.44. The van der Waals surface area contributed by atoms with Gasteiger partial charge in [-0.25, -0.2) is 4.39 Å². The van der Waals surface area contributed by atoms with Crippen LogP contribution in [0.1, 0.15) is 45.7 Å². The largest absolute Gasteiger partial charge is 0.378 e. The summed E-state index contributed by atoms with van der Waals surface area (Å²) in [6.45, 7) is 7.07. The van der Waals surface area contributed by atoms with Crippen LogP contribution in [-0.2, 0) is 23.9 Å². The second-order valence-electron chi connectivity index (χ2n) is 10.4. The molecular formula is C29H34FN5O6. The number of aryl methyl sites for hydroxylation is 1. The number of rotatable bonds is 7. The molecule has 5 rings (SSSR count). The Kier molecular flexibility index (Phi) is 8.50. The summed E-state index contributed by atoms with van der Waals surface area (Å²) in [4.78, 5) is 59.0. The van der Waals surface area contributed by atoms with E-state index in [2.05, 4.69) is 15.6 Å². The number of amides is 4. The van der Waals surface area contributed by atoms with Gasteiger partial charge in [-0.3, -0.25) is 19.2 Å². The van der Waals surface area contributed by atoms with Crippen LogP contribution in [0.5, 0.6) is 0 Å². The maximum Gasteiger partial charge on any atom is 0.256 e. The molecule has 12 heteroatoms. The zero-order chi connectivity index (χ0) is 29.1. The van der Waals surface area contributed by atoms with Crippen molar-refractivity contribution in [3.05, 3.63) is 52.1 Å². The number of fused-ring (bicyclic) bond motifs is 1. The number of nitrogens with one attached hydrogen (secondary N) is 3. The number of halogens is 1. The molecule has 218 valence electrons. The Hall–Kier alpha value is -4.03. The number of benzene rings is 1. The number of ether oxygens (including phenoxy) is 2. The molecule has 1 aromatic heterocycles. The van der Waals surface area contributed by atoms with E-state index in [1.807, 2.05) is 0 Å². The van der Waals surface area contributed by atoms with Gasteiger partial charge in [-0.2, -0.15) is 0 Å². The van der Waals surface area contributed by atoms with Gasteiger partial charge in [0.2, 0.25) is 11.8 Å². The van der Waals surface area contributed by atoms with Crippen molar-refractivity contribution in [3.63, 3.8) is 0 Å². The lowest BCUT2D eigenvalue weighted by Crippen LogP contribution is -2.52. The van der Waals surface area contributed by atoms with E-state index in [4.69, 9.17) is 9.47 Å². The summed E-state index contributed by atoms with van der Waals surface area (Å²) in [5.74, 6) is -1.64. The number of carbonyl (C=O) groups excluding carboxylic acids is 4. The molecule has 3 N–H and O–H groups in total. The van der Waals surface area contributed by atoms with E-state index in [0.717, 1.165) is 0 Å². The van der Waals surface area contributed by atoms with Gasteiger partial charge >= 0.3 is 0 Å². The molecule has 0 aliphatic carbocycles. The Morgan fingerprint density at radius 2 is 1.71 bits per heavy atom. The van der Waals surface area contributed by atoms with Crippen LogP contribution in [0.25, 0.3) is 11.6 Å². The number of morpholine rings is 2. The first-order valence-corrected chi connectivity index (χ1v) is 13.8. The molecule has 3 aliphatic heterocycles. The quantitative estimate of drug-likeness (QED) is 0.438. The number of nitrogens with zero attached hydrogens (tertiary/aromatic N) is 2. The van der Waals surface area contributed by atoms with Crippen LogP contribution in [-0.4, -0.2) is 97.1 Å². The summed E-state index contributed by atoms with van der Waals surface area (Å²) in [5, 5.41) is 5.59. The molecule has 0 saturated carbocycles. The Labute approximate surface area is 237 Å². The van der Waals surface area contributed by atoms with Crippen molar-refractivity contribution in [2.24, 2.45) is 0 Å². The summed E-state index contributed by atoms with van der Waals surface area (Å²) in [6, 6.07) is 3.16. The van der Waals surface area contributed by atoms with Gasteiger partial charge in [0.05, 0.1) is 37.6 Å². The van der Waals surface area contributed by atoms with Gasteiger partial charge in [0.15, 0.2) is 0 Å². The molecule has 1 aromatic carbocycles. The first kappa shape index (κ1) is 28.5. The lowest BCUT2D eigenvalue weighted by molar-refractivity contribution is -0.138. The third-order valence-electron chi connectivity index (χ3n) is 7.69. The lowest BCUT2D eigenvalue weighted by Gasteiger charge is -2.31. The second-order valence-corrected chi connectivity index (χ2v) is 10.4. The topological polar surface area (TPSA) is 133 Å². The fourth-order valence-corrected chi connectivity index (χ4v) is 5.44. The third-order valence-corrected chi connectivity index (χ3v) is 7.69. The molecule has 1 atom stereocenters. The van der Waals surface area contributed by atoms with Crippen molar-refractivity contribution in [2.45, 2.75) is 32.7 Å². The highest BCUT2D eigenvalue weighted by Crippen LogP contribution is 2.34. The molecule has 2 aromatic rings. The average molecular weight is 568 g/mol. The SMILES string of the molecule is Cc1[nH]c(C=C2C(=O)Nc3ccc(F)cc32)c(C)c1C(=O)NC(CCC(=O)N1CCOCC1)C(=O)N1CCOCC1. The number of carbonyl (C=O) groups is 4. The maximum atomic E-state index is 13.9. The van der Waals surface area contributed by atoms with E-state index in [0.29, 0.717) is 86.4 Å². The summed E-state index contributed by atoms with van der Waals surface area (Å²) < 4.78 is 24.6. The van der Waals surface area contributed by atoms with Gasteiger partial charge in [-0.05, 0) is 50.1 Å². The Morgan fingerprint density at radius 3 is 2.39 bits per heavy atom. The summed E-state index contributed by atoms with van der Waals surface area (Å²) in [7, 11) is 0. The van der Waals surface area contributed by atoms with E-state index in [1.165, 1.54) is 18.2 Å². The fraction of sp³-hybridized carbons (Fsp3) is 0.448. The summed E-state index contributed by atoms with van der Waals surface area (Å²) in [6.07, 6.45) is 1.85. The van der Waals surface area contributed by atoms with Crippen LogP contribution >= 0.6 is 0 Å². The number of hydrogen-bond donors (Lipinski definition) is 3. The smallest absolute Gasteiger partial charge is 0.256 e. The molecule has 4 amide bonds. The Morgan fingerprint density at radius 1 is 1.05 bits per heavy atom. The predicted octanol–water partition coefficient (Wildman–Crippen LogP) is 1.86. The standard InChI is InChI=1S/C29H34FN5O6/c1-17-24(16-21-20-15-19(30)3-4-22(20)32-27(21)37)31-18(2)26(17)28(38)33-23(29(39)35-9-13-41-14-10-35)5-6-25(36)34-7-11-40-12-8-34/h3-4,15-16,23,31H,5-14H2,1-2H3,(H,32,37)(H,33,38). The zero-order valence-electron chi connectivity index (χ0n) is 23.2. The van der Waals surface area contributed by atoms with Crippen molar-refractivity contribution in [3.8, 4) is 0 Å². The molecule has 3 aliphatic rings. The minimum atomic E-state index is -0.906. The lowest BCUT2D eigenvalue weighted by atomic mass is 10.0. The van der Waals surface area contributed by atoms with Crippen molar-refractivity contribution >= 4 is 41.0 Å². The van der Waals surface area contributed by atoms with Gasteiger partial charge in [-0.15, -0.1) is 0 Å². The number of aromatic nitrogens is 1. The van der Waals surface area contributed by atoms with Gasteiger partial charge in [0.25, 0.3) is 11.8 Å². The Balaban J connectivity index is 1.36. The van der Waals surface area contributed by atoms with Gasteiger partial charge in [0, 0.05) is 55.2 Å². The number of H-pyrrole nitrogens is 1. The minimum Gasteiger partial charge on any atom is -0.378 e. The van der Waals surface area contributed by atoms with Crippen LogP contribution in [0.4, 0.5) is 10.1 Å². The Bertz CT molecular complexity index is 1390. The molecule has 41 heavy (non-hydrogen) atoms. The normalized spacial score (nSPS) is 18.7. The highest BCUT2D eigenvalue weighted by molar-refractivity contribution is 6.35. The van der Waals surface area contributed by atoms with Gasteiger partial charge < -0.3 is 34.9 Å². The molecular weight excluding hydrogens is 533 g/mol. The van der Waals surface area contributed by atoms with E-state index in [-0.39, 0.29) is 36.1 Å². The minimum absolute atomic E-state index is 0.0863. The first-order chi connectivity index (χ1) is 19.7. The van der Waals surface area contributed by atoms with Crippen molar-refractivity contribution in [1.82, 2.24) is 20.1 Å². The third kappa shape index (κ3) is 6.18. The number of aromatic amines is 1. The number of hydrogen-bond acceptors (Lipinski definition) is 6. The van der Waals surface area contributed by atoms with Crippen LogP contribution in [0.15, 0.2) is 18.2 Å². The highest BCUT2D eigenvalue weighted by atomic mass is 19.1. The number of anilines is 1. The van der Waals surface area contributed by atoms with E-state index in [9.17, 15) is 23.6 Å². The van der Waals surface area contributed by atoms with E-state index >= 15 is 0 Å². The van der Waals surface area contributed by atoms with Crippen LogP contribution in [0.2, 0.25) is 0 Å². The van der Waals surface area contributed by atoms with E-state index in [1.54, 1.807) is 29.7 Å². The van der Waals surface area contributed by atoms with Crippen LogP contribution in [0, 0.1) is 19.7 Å². The van der Waals surface area contributed by atoms with Crippen LogP contribution < -0.4 is 10.6 Å². The molecule has 0 bridgehead atoms. The second kappa shape index (κ2) is 12.2. The van der Waals surface area contributed by atoms with E-state index < -0.39 is 17.8 Å². The van der Waals surface area contributed by atoms with Crippen molar-refractivity contribution in [2.75, 3.05) is 57.9 Å². The molecule has 1 unspecified atom stereocenters. The highest BCUT2D eigenvalue weighted by Gasteiger charge is 2.31. The first-order valence-electron chi connectivity index (χ1n) is 13.8. The zero-order valence-corrected chi connectivity index (χ0v) is 23.2. The monoisotopic (exact) mass is 567 g/mol. The van der Waals surface area contributed by atoms with Gasteiger partial charge in [0.1, 0.15) is 11.9 Å². The summed E-state index contributed by atoms with van der Waals surface area (Å²) >= 11 is 0. The molecule has 0 spiro atoms. The molecule has 11 nitrogen and oxygen atoms in total. The van der Waals surface area contributed by atoms with Crippen molar-refractivity contribution < 1.29 is 33.0 Å². The molecule has 4 heterocycles.